The molecule has 0 saturated heterocycles. The van der Waals surface area contributed by atoms with Crippen LogP contribution in [-0.2, 0) is 18.3 Å². The van der Waals surface area contributed by atoms with Gasteiger partial charge in [-0.25, -0.2) is 0 Å². The number of amides is 1. The van der Waals surface area contributed by atoms with Gasteiger partial charge in [0.2, 0.25) is 5.91 Å². The summed E-state index contributed by atoms with van der Waals surface area (Å²) in [4.78, 5) is 15.0. The lowest BCUT2D eigenvalue weighted by Crippen LogP contribution is -2.21. The first-order chi connectivity index (χ1) is 17.1. The average molecular weight is 486 g/mol. The largest absolute Gasteiger partial charge is 0.372 e. The first-order valence-electron chi connectivity index (χ1n) is 11.9. The van der Waals surface area contributed by atoms with Crippen molar-refractivity contribution in [1.82, 2.24) is 14.8 Å². The molecule has 0 aliphatic rings. The molecule has 4 rings (SSSR count). The molecule has 0 saturated carbocycles. The van der Waals surface area contributed by atoms with E-state index >= 15 is 0 Å². The first-order valence-corrected chi connectivity index (χ1v) is 12.9. The van der Waals surface area contributed by atoms with E-state index < -0.39 is 0 Å². The van der Waals surface area contributed by atoms with Crippen molar-refractivity contribution in [3.63, 3.8) is 0 Å². The van der Waals surface area contributed by atoms with Crippen LogP contribution in [0.15, 0.2) is 84.0 Å². The molecular weight excluding hydrogens is 454 g/mol. The van der Waals surface area contributed by atoms with Crippen LogP contribution in [0.5, 0.6) is 0 Å². The molecule has 6 nitrogen and oxygen atoms in total. The molecule has 0 fully saturated rings. The molecule has 3 aromatic carbocycles. The van der Waals surface area contributed by atoms with Crippen molar-refractivity contribution in [2.75, 3.05) is 29.1 Å². The van der Waals surface area contributed by atoms with Gasteiger partial charge in [0, 0.05) is 37.1 Å². The monoisotopic (exact) mass is 485 g/mol. The van der Waals surface area contributed by atoms with Gasteiger partial charge in [-0.05, 0) is 61.7 Å². The molecule has 0 aliphatic heterocycles. The van der Waals surface area contributed by atoms with Crippen LogP contribution in [0.4, 0.5) is 11.4 Å². The second-order valence-corrected chi connectivity index (χ2v) is 9.18. The van der Waals surface area contributed by atoms with E-state index in [0.29, 0.717) is 5.16 Å². The van der Waals surface area contributed by atoms with Gasteiger partial charge >= 0.3 is 0 Å². The van der Waals surface area contributed by atoms with E-state index in [2.05, 4.69) is 76.7 Å². The third-order valence-corrected chi connectivity index (χ3v) is 6.97. The quantitative estimate of drug-likeness (QED) is 0.294. The minimum Gasteiger partial charge on any atom is -0.372 e. The maximum absolute atomic E-state index is 12.7. The summed E-state index contributed by atoms with van der Waals surface area (Å²) in [7, 11) is 1.93. The molecule has 0 unspecified atom stereocenters. The maximum atomic E-state index is 12.7. The van der Waals surface area contributed by atoms with E-state index in [1.165, 1.54) is 23.0 Å². The normalized spacial score (nSPS) is 10.8. The van der Waals surface area contributed by atoms with Crippen molar-refractivity contribution in [2.24, 2.45) is 7.05 Å². The lowest BCUT2D eigenvalue weighted by atomic mass is 10.0. The molecule has 1 aromatic heterocycles. The van der Waals surface area contributed by atoms with E-state index in [0.717, 1.165) is 42.1 Å². The highest BCUT2D eigenvalue weighted by atomic mass is 32.2. The average Bonchev–Trinajstić information content (AvgIpc) is 3.26. The number of para-hydroxylation sites is 1. The lowest BCUT2D eigenvalue weighted by Gasteiger charge is -2.21. The molecule has 0 spiro atoms. The van der Waals surface area contributed by atoms with Crippen molar-refractivity contribution in [3.8, 4) is 11.4 Å². The van der Waals surface area contributed by atoms with Crippen LogP contribution >= 0.6 is 11.8 Å². The topological polar surface area (TPSA) is 63.1 Å². The Labute approximate surface area is 211 Å². The summed E-state index contributed by atoms with van der Waals surface area (Å²) >= 11 is 1.38. The molecule has 1 N–H and O–H groups in total. The zero-order valence-corrected chi connectivity index (χ0v) is 21.3. The maximum Gasteiger partial charge on any atom is 0.234 e. The zero-order valence-electron chi connectivity index (χ0n) is 20.4. The number of nitrogens with zero attached hydrogens (tertiary/aromatic N) is 4. The van der Waals surface area contributed by atoms with Gasteiger partial charge in [-0.3, -0.25) is 4.79 Å². The Morgan fingerprint density at radius 2 is 1.60 bits per heavy atom. The molecule has 0 bridgehead atoms. The molecule has 0 radical (unpaired) electrons. The van der Waals surface area contributed by atoms with Gasteiger partial charge in [0.25, 0.3) is 0 Å². The smallest absolute Gasteiger partial charge is 0.234 e. The molecule has 1 heterocycles. The summed E-state index contributed by atoms with van der Waals surface area (Å²) < 4.78 is 1.94. The van der Waals surface area contributed by atoms with E-state index in [1.807, 2.05) is 48.0 Å². The number of hydrogen-bond acceptors (Lipinski definition) is 5. The number of thioether (sulfide) groups is 1. The van der Waals surface area contributed by atoms with E-state index in [9.17, 15) is 4.79 Å². The highest BCUT2D eigenvalue weighted by Crippen LogP contribution is 2.26. The fraction of sp³-hybridized carbons (Fsp3) is 0.250. The molecular formula is C28H31N5OS. The third-order valence-electron chi connectivity index (χ3n) is 5.95. The lowest BCUT2D eigenvalue weighted by molar-refractivity contribution is -0.113. The third kappa shape index (κ3) is 6.11. The van der Waals surface area contributed by atoms with Gasteiger partial charge in [-0.1, -0.05) is 60.3 Å². The molecule has 7 heteroatoms. The minimum atomic E-state index is -0.0661. The van der Waals surface area contributed by atoms with Gasteiger partial charge < -0.3 is 14.8 Å². The predicted molar refractivity (Wildman–Crippen MR) is 145 cm³/mol. The van der Waals surface area contributed by atoms with Gasteiger partial charge in [-0.15, -0.1) is 10.2 Å². The molecule has 0 aliphatic carbocycles. The van der Waals surface area contributed by atoms with Crippen LogP contribution in [0.3, 0.4) is 0 Å². The minimum absolute atomic E-state index is 0.0661. The highest BCUT2D eigenvalue weighted by molar-refractivity contribution is 7.99. The Balaban J connectivity index is 1.38. The number of hydrogen-bond donors (Lipinski definition) is 1. The van der Waals surface area contributed by atoms with Crippen LogP contribution in [0, 0.1) is 0 Å². The first kappa shape index (κ1) is 24.5. The number of benzene rings is 3. The van der Waals surface area contributed by atoms with Crippen molar-refractivity contribution >= 4 is 29.0 Å². The number of nitrogens with one attached hydrogen (secondary N) is 1. The summed E-state index contributed by atoms with van der Waals surface area (Å²) in [6, 6.07) is 26.6. The highest BCUT2D eigenvalue weighted by Gasteiger charge is 2.14. The van der Waals surface area contributed by atoms with E-state index in [-0.39, 0.29) is 11.7 Å². The summed E-state index contributed by atoms with van der Waals surface area (Å²) in [5, 5.41) is 12.5. The Bertz CT molecular complexity index is 1250. The van der Waals surface area contributed by atoms with Gasteiger partial charge in [0.15, 0.2) is 11.0 Å². The van der Waals surface area contributed by atoms with E-state index in [4.69, 9.17) is 0 Å². The van der Waals surface area contributed by atoms with Crippen molar-refractivity contribution < 1.29 is 4.79 Å². The second kappa shape index (κ2) is 11.7. The van der Waals surface area contributed by atoms with E-state index in [1.54, 1.807) is 0 Å². The van der Waals surface area contributed by atoms with Crippen molar-refractivity contribution in [1.29, 1.82) is 0 Å². The van der Waals surface area contributed by atoms with Gasteiger partial charge in [-0.2, -0.15) is 0 Å². The fourth-order valence-corrected chi connectivity index (χ4v) is 4.74. The Morgan fingerprint density at radius 1 is 0.914 bits per heavy atom. The number of aromatic nitrogens is 3. The number of rotatable bonds is 10. The van der Waals surface area contributed by atoms with Gasteiger partial charge in [0.1, 0.15) is 0 Å². The van der Waals surface area contributed by atoms with Crippen LogP contribution in [-0.4, -0.2) is 39.5 Å². The Kier molecular flexibility index (Phi) is 8.21. The molecule has 1 amide bonds. The summed E-state index contributed by atoms with van der Waals surface area (Å²) in [6.07, 6.45) is 0.768. The SMILES string of the molecule is CCN(CC)c1ccc(-c2nnc(SCC(=O)Nc3ccccc3Cc3ccccc3)n2C)cc1. The van der Waals surface area contributed by atoms with Crippen LogP contribution < -0.4 is 10.2 Å². The molecule has 4 aromatic rings. The van der Waals surface area contributed by atoms with Crippen LogP contribution in [0.2, 0.25) is 0 Å². The molecule has 180 valence electrons. The molecule has 35 heavy (non-hydrogen) atoms. The zero-order chi connectivity index (χ0) is 24.6. The fourth-order valence-electron chi connectivity index (χ4n) is 4.03. The Morgan fingerprint density at radius 3 is 2.31 bits per heavy atom. The van der Waals surface area contributed by atoms with Crippen molar-refractivity contribution in [3.05, 3.63) is 90.0 Å². The predicted octanol–water partition coefficient (Wildman–Crippen LogP) is 5.65. The molecule has 0 atom stereocenters. The summed E-state index contributed by atoms with van der Waals surface area (Å²) in [5.74, 6) is 0.975. The summed E-state index contributed by atoms with van der Waals surface area (Å²) in [6.45, 7) is 6.25. The number of carbonyl (C=O) groups excluding carboxylic acids is 1. The Hall–Kier alpha value is -3.58. The standard InChI is InChI=1S/C28H31N5OS/c1-4-33(5-2)24-17-15-22(16-18-24)27-30-31-28(32(27)3)35-20-26(34)29-25-14-10-9-13-23(25)19-21-11-7-6-8-12-21/h6-18H,4-5,19-20H2,1-3H3,(H,29,34). The van der Waals surface area contributed by atoms with Gasteiger partial charge in [0.05, 0.1) is 5.75 Å². The van der Waals surface area contributed by atoms with Crippen molar-refractivity contribution in [2.45, 2.75) is 25.4 Å². The van der Waals surface area contributed by atoms with Crippen LogP contribution in [0.1, 0.15) is 25.0 Å². The number of anilines is 2. The van der Waals surface area contributed by atoms with Crippen LogP contribution in [0.25, 0.3) is 11.4 Å². The summed E-state index contributed by atoms with van der Waals surface area (Å²) in [5.41, 5.74) is 5.34. The second-order valence-electron chi connectivity index (χ2n) is 8.24. The number of carbonyl (C=O) groups is 1.